The van der Waals surface area contributed by atoms with Crippen LogP contribution >= 0.6 is 11.8 Å². The average Bonchev–Trinajstić information content (AvgIpc) is 2.67. The summed E-state index contributed by atoms with van der Waals surface area (Å²) in [6.45, 7) is 0.959. The molecule has 0 spiro atoms. The first-order valence-corrected chi connectivity index (χ1v) is 9.33. The minimum atomic E-state index is -0.476. The first kappa shape index (κ1) is 18.6. The number of methoxy groups -OCH3 is 1. The molecule has 26 heavy (non-hydrogen) atoms. The highest BCUT2D eigenvalue weighted by Crippen LogP contribution is 2.17. The highest BCUT2D eigenvalue weighted by atomic mass is 32.2. The number of thioether (sulfide) groups is 1. The lowest BCUT2D eigenvalue weighted by atomic mass is 10.1. The van der Waals surface area contributed by atoms with E-state index in [0.717, 1.165) is 5.56 Å². The van der Waals surface area contributed by atoms with Gasteiger partial charge in [0.15, 0.2) is 5.16 Å². The van der Waals surface area contributed by atoms with Crippen molar-refractivity contribution >= 4 is 17.7 Å². The number of hydrogen-bond donors (Lipinski definition) is 2. The molecular formula is C18H21N3O4S. The lowest BCUT2D eigenvalue weighted by Gasteiger charge is -2.30. The molecule has 3 rings (SSSR count). The molecule has 2 atom stereocenters. The van der Waals surface area contributed by atoms with Gasteiger partial charge in [-0.3, -0.25) is 9.59 Å². The van der Waals surface area contributed by atoms with Gasteiger partial charge in [-0.05, 0) is 12.0 Å². The number of aromatic nitrogens is 2. The predicted octanol–water partition coefficient (Wildman–Crippen LogP) is 1.60. The van der Waals surface area contributed by atoms with Crippen LogP contribution in [0, 0.1) is 0 Å². The molecule has 1 fully saturated rings. The second kappa shape index (κ2) is 8.98. The van der Waals surface area contributed by atoms with Crippen LogP contribution in [0.3, 0.4) is 0 Å². The molecule has 1 amide bonds. The second-order valence-electron chi connectivity index (χ2n) is 5.92. The molecule has 0 unspecified atom stereocenters. The molecular weight excluding hydrogens is 354 g/mol. The number of carbonyl (C=O) groups is 1. The third kappa shape index (κ3) is 4.72. The number of nitrogens with zero attached hydrogens (tertiary/aromatic N) is 1. The minimum absolute atomic E-state index is 0.0190. The first-order valence-electron chi connectivity index (χ1n) is 8.35. The normalized spacial score (nSPS) is 19.9. The van der Waals surface area contributed by atoms with Crippen molar-refractivity contribution in [3.63, 3.8) is 0 Å². The third-order valence-corrected chi connectivity index (χ3v) is 5.11. The van der Waals surface area contributed by atoms with Crippen LogP contribution in [-0.2, 0) is 15.2 Å². The third-order valence-electron chi connectivity index (χ3n) is 4.15. The standard InChI is InChI=1S/C18H21N3O4S/c1-24-15-7-8-25-10-14(15)20-16(22)13-9-19-18(21-17(13)23)26-11-12-5-3-2-4-6-12/h2-6,9,14-15H,7-8,10-11H2,1H3,(H,20,22)(H,19,21,23)/t14-,15-/m1/s1. The van der Waals surface area contributed by atoms with Gasteiger partial charge in [-0.15, -0.1) is 0 Å². The Hall–Kier alpha value is -2.16. The number of amides is 1. The molecule has 2 aromatic rings. The summed E-state index contributed by atoms with van der Waals surface area (Å²) in [4.78, 5) is 31.5. The molecule has 0 bridgehead atoms. The van der Waals surface area contributed by atoms with Crippen molar-refractivity contribution in [2.75, 3.05) is 20.3 Å². The van der Waals surface area contributed by atoms with Crippen LogP contribution in [0.25, 0.3) is 0 Å². The summed E-state index contributed by atoms with van der Waals surface area (Å²) in [5, 5.41) is 3.28. The molecule has 1 aromatic carbocycles. The van der Waals surface area contributed by atoms with Gasteiger partial charge in [0.05, 0.1) is 18.8 Å². The van der Waals surface area contributed by atoms with E-state index in [9.17, 15) is 9.59 Å². The monoisotopic (exact) mass is 375 g/mol. The van der Waals surface area contributed by atoms with E-state index in [1.54, 1.807) is 7.11 Å². The number of nitrogens with one attached hydrogen (secondary N) is 2. The van der Waals surface area contributed by atoms with Crippen molar-refractivity contribution in [2.24, 2.45) is 0 Å². The average molecular weight is 375 g/mol. The van der Waals surface area contributed by atoms with Gasteiger partial charge in [0.25, 0.3) is 11.5 Å². The van der Waals surface area contributed by atoms with Crippen molar-refractivity contribution in [1.82, 2.24) is 15.3 Å². The summed E-state index contributed by atoms with van der Waals surface area (Å²) in [7, 11) is 1.60. The predicted molar refractivity (Wildman–Crippen MR) is 98.3 cm³/mol. The molecule has 1 aliphatic heterocycles. The number of H-pyrrole nitrogens is 1. The molecule has 0 saturated carbocycles. The smallest absolute Gasteiger partial charge is 0.264 e. The van der Waals surface area contributed by atoms with E-state index in [0.29, 0.717) is 30.5 Å². The summed E-state index contributed by atoms with van der Waals surface area (Å²) in [6, 6.07) is 9.60. The molecule has 0 radical (unpaired) electrons. The molecule has 2 heterocycles. The summed E-state index contributed by atoms with van der Waals surface area (Å²) in [5.41, 5.74) is 0.651. The summed E-state index contributed by atoms with van der Waals surface area (Å²) < 4.78 is 10.7. The van der Waals surface area contributed by atoms with Crippen molar-refractivity contribution in [1.29, 1.82) is 0 Å². The molecule has 1 aromatic heterocycles. The Balaban J connectivity index is 1.63. The molecule has 0 aliphatic carbocycles. The molecule has 2 N–H and O–H groups in total. The van der Waals surface area contributed by atoms with Crippen LogP contribution in [0.4, 0.5) is 0 Å². The maximum absolute atomic E-state index is 12.4. The van der Waals surface area contributed by atoms with Crippen LogP contribution in [-0.4, -0.2) is 48.3 Å². The molecule has 138 valence electrons. The van der Waals surface area contributed by atoms with E-state index >= 15 is 0 Å². The zero-order valence-electron chi connectivity index (χ0n) is 14.4. The Morgan fingerprint density at radius 2 is 2.23 bits per heavy atom. The second-order valence-corrected chi connectivity index (χ2v) is 6.89. The lowest BCUT2D eigenvalue weighted by molar-refractivity contribution is -0.0349. The van der Waals surface area contributed by atoms with E-state index < -0.39 is 11.5 Å². The fourth-order valence-electron chi connectivity index (χ4n) is 2.72. The van der Waals surface area contributed by atoms with E-state index in [1.807, 2.05) is 30.3 Å². The van der Waals surface area contributed by atoms with Gasteiger partial charge in [-0.1, -0.05) is 42.1 Å². The molecule has 8 heteroatoms. The van der Waals surface area contributed by atoms with Gasteiger partial charge in [0.2, 0.25) is 0 Å². The zero-order valence-corrected chi connectivity index (χ0v) is 15.3. The SMILES string of the molecule is CO[C@@H]1CCOC[C@H]1NC(=O)c1cnc(SCc2ccccc2)[nH]c1=O. The van der Waals surface area contributed by atoms with Crippen LogP contribution in [0.2, 0.25) is 0 Å². The van der Waals surface area contributed by atoms with E-state index in [1.165, 1.54) is 18.0 Å². The lowest BCUT2D eigenvalue weighted by Crippen LogP contribution is -2.51. The van der Waals surface area contributed by atoms with Crippen LogP contribution in [0.5, 0.6) is 0 Å². The van der Waals surface area contributed by atoms with Crippen LogP contribution in [0.1, 0.15) is 22.3 Å². The minimum Gasteiger partial charge on any atom is -0.379 e. The Kier molecular flexibility index (Phi) is 6.43. The fourth-order valence-corrected chi connectivity index (χ4v) is 3.51. The number of hydrogen-bond acceptors (Lipinski definition) is 6. The summed E-state index contributed by atoms with van der Waals surface area (Å²) in [6.07, 6.45) is 1.89. The largest absolute Gasteiger partial charge is 0.379 e. The summed E-state index contributed by atoms with van der Waals surface area (Å²) >= 11 is 1.41. The van der Waals surface area contributed by atoms with Gasteiger partial charge >= 0.3 is 0 Å². The van der Waals surface area contributed by atoms with Crippen molar-refractivity contribution in [3.05, 3.63) is 58.0 Å². The Morgan fingerprint density at radius 3 is 2.96 bits per heavy atom. The maximum Gasteiger partial charge on any atom is 0.264 e. The highest BCUT2D eigenvalue weighted by molar-refractivity contribution is 7.98. The van der Waals surface area contributed by atoms with Gasteiger partial charge in [0.1, 0.15) is 5.56 Å². The van der Waals surface area contributed by atoms with Crippen LogP contribution < -0.4 is 10.9 Å². The number of carbonyl (C=O) groups excluding carboxylic acids is 1. The van der Waals surface area contributed by atoms with E-state index in [4.69, 9.17) is 9.47 Å². The van der Waals surface area contributed by atoms with E-state index in [-0.39, 0.29) is 17.7 Å². The fraction of sp³-hybridized carbons (Fsp3) is 0.389. The van der Waals surface area contributed by atoms with Gasteiger partial charge < -0.3 is 19.8 Å². The van der Waals surface area contributed by atoms with Gasteiger partial charge in [-0.25, -0.2) is 4.98 Å². The maximum atomic E-state index is 12.4. The highest BCUT2D eigenvalue weighted by Gasteiger charge is 2.28. The zero-order chi connectivity index (χ0) is 18.4. The first-order chi connectivity index (χ1) is 12.7. The molecule has 1 saturated heterocycles. The topological polar surface area (TPSA) is 93.3 Å². The van der Waals surface area contributed by atoms with E-state index in [2.05, 4.69) is 15.3 Å². The number of aromatic amines is 1. The molecule has 7 nitrogen and oxygen atoms in total. The molecule has 1 aliphatic rings. The van der Waals surface area contributed by atoms with Crippen molar-refractivity contribution < 1.29 is 14.3 Å². The Bertz CT molecular complexity index is 797. The number of ether oxygens (including phenoxy) is 2. The quantitative estimate of drug-likeness (QED) is 0.588. The summed E-state index contributed by atoms with van der Waals surface area (Å²) in [5.74, 6) is 0.209. The van der Waals surface area contributed by atoms with Crippen molar-refractivity contribution in [2.45, 2.75) is 29.5 Å². The van der Waals surface area contributed by atoms with Gasteiger partial charge in [-0.2, -0.15) is 0 Å². The Labute approximate surface area is 155 Å². The van der Waals surface area contributed by atoms with Crippen LogP contribution in [0.15, 0.2) is 46.5 Å². The Morgan fingerprint density at radius 1 is 1.42 bits per heavy atom. The van der Waals surface area contributed by atoms with Crippen molar-refractivity contribution in [3.8, 4) is 0 Å². The number of benzene rings is 1. The number of rotatable bonds is 6. The van der Waals surface area contributed by atoms with Gasteiger partial charge in [0, 0.05) is 25.7 Å².